The number of ether oxygens (including phenoxy) is 1. The van der Waals surface area contributed by atoms with E-state index in [1.54, 1.807) is 42.6 Å². The zero-order valence-corrected chi connectivity index (χ0v) is 19.4. The Labute approximate surface area is 202 Å². The fourth-order valence-electron chi connectivity index (χ4n) is 3.56. The van der Waals surface area contributed by atoms with Gasteiger partial charge in [-0.3, -0.25) is 9.59 Å². The van der Waals surface area contributed by atoms with E-state index in [4.69, 9.17) is 16.3 Å². The molecule has 0 unspecified atom stereocenters. The number of hydrogen-bond acceptors (Lipinski definition) is 7. The Hall–Kier alpha value is -3.69. The lowest BCUT2D eigenvalue weighted by molar-refractivity contribution is 0.102. The van der Waals surface area contributed by atoms with Crippen LogP contribution in [0, 0.1) is 0 Å². The maximum Gasteiger partial charge on any atom is 0.258 e. The summed E-state index contributed by atoms with van der Waals surface area (Å²) in [5.74, 6) is 0.849. The normalized spacial score (nSPS) is 13.6. The summed E-state index contributed by atoms with van der Waals surface area (Å²) < 4.78 is 5.27. The summed E-state index contributed by atoms with van der Waals surface area (Å²) in [6.07, 6.45) is 4.02. The molecule has 1 aliphatic rings. The van der Waals surface area contributed by atoms with E-state index in [1.807, 2.05) is 6.07 Å². The summed E-state index contributed by atoms with van der Waals surface area (Å²) in [5.41, 5.74) is 0.941. The molecule has 0 spiro atoms. The second kappa shape index (κ2) is 11.0. The van der Waals surface area contributed by atoms with Crippen molar-refractivity contribution in [3.8, 4) is 5.75 Å². The van der Waals surface area contributed by atoms with Crippen LogP contribution in [0.25, 0.3) is 0 Å². The van der Waals surface area contributed by atoms with Crippen LogP contribution in [0.3, 0.4) is 0 Å². The van der Waals surface area contributed by atoms with Gasteiger partial charge in [0.25, 0.3) is 11.8 Å². The quantitative estimate of drug-likeness (QED) is 0.496. The molecule has 0 bridgehead atoms. The molecule has 0 saturated carbocycles. The van der Waals surface area contributed by atoms with Gasteiger partial charge in [-0.15, -0.1) is 0 Å². The second-order valence-electron chi connectivity index (χ2n) is 7.68. The van der Waals surface area contributed by atoms with Crippen LogP contribution in [0.2, 0.25) is 5.02 Å². The van der Waals surface area contributed by atoms with E-state index in [9.17, 15) is 9.59 Å². The van der Waals surface area contributed by atoms with E-state index in [0.717, 1.165) is 38.4 Å². The lowest BCUT2D eigenvalue weighted by Gasteiger charge is -2.21. The van der Waals surface area contributed by atoms with E-state index in [0.29, 0.717) is 27.8 Å². The molecule has 3 heterocycles. The van der Waals surface area contributed by atoms with Gasteiger partial charge in [-0.05, 0) is 49.4 Å². The minimum atomic E-state index is -0.434. The van der Waals surface area contributed by atoms with Crippen LogP contribution in [-0.4, -0.2) is 55.1 Å². The van der Waals surface area contributed by atoms with Crippen molar-refractivity contribution in [3.63, 3.8) is 0 Å². The molecule has 3 N–H and O–H groups in total. The van der Waals surface area contributed by atoms with Crippen LogP contribution in [0.5, 0.6) is 5.75 Å². The molecule has 1 aromatic carbocycles. The van der Waals surface area contributed by atoms with Gasteiger partial charge in [-0.2, -0.15) is 0 Å². The van der Waals surface area contributed by atoms with Gasteiger partial charge in [0.15, 0.2) is 0 Å². The molecule has 2 aromatic heterocycles. The Balaban J connectivity index is 1.51. The molecule has 1 fully saturated rings. The molecular weight excluding hydrogens is 456 g/mol. The largest absolute Gasteiger partial charge is 0.497 e. The van der Waals surface area contributed by atoms with E-state index in [1.165, 1.54) is 13.3 Å². The van der Waals surface area contributed by atoms with Gasteiger partial charge in [-0.1, -0.05) is 11.6 Å². The first kappa shape index (κ1) is 23.5. The summed E-state index contributed by atoms with van der Waals surface area (Å²) in [4.78, 5) is 36.6. The van der Waals surface area contributed by atoms with Gasteiger partial charge >= 0.3 is 0 Å². The van der Waals surface area contributed by atoms with Crippen molar-refractivity contribution in [2.45, 2.75) is 6.42 Å². The Morgan fingerprint density at radius 2 is 1.88 bits per heavy atom. The van der Waals surface area contributed by atoms with Crippen molar-refractivity contribution in [1.29, 1.82) is 0 Å². The van der Waals surface area contributed by atoms with E-state index in [2.05, 4.69) is 30.8 Å². The number of nitrogens with zero attached hydrogens (tertiary/aromatic N) is 3. The number of carbonyl (C=O) groups is 2. The lowest BCUT2D eigenvalue weighted by atomic mass is 10.1. The summed E-state index contributed by atoms with van der Waals surface area (Å²) in [6.45, 7) is 3.66. The average molecular weight is 481 g/mol. The standard InChI is InChI=1S/C24H25ClN6O3/c1-34-18-5-6-19(24(33)30-21-7-4-17(25)15-27-21)20(13-18)29-23(32)16-3-8-22(28-14-16)31-11-2-9-26-10-12-31/h3-8,13-15,26H,2,9-12H2,1H3,(H,29,32)(H,27,30,33). The zero-order valence-electron chi connectivity index (χ0n) is 18.7. The van der Waals surface area contributed by atoms with Crippen LogP contribution in [0.15, 0.2) is 54.9 Å². The van der Waals surface area contributed by atoms with Gasteiger partial charge in [-0.25, -0.2) is 9.97 Å². The number of amides is 2. The molecular formula is C24H25ClN6O3. The number of nitrogens with one attached hydrogen (secondary N) is 3. The van der Waals surface area contributed by atoms with Crippen molar-refractivity contribution in [1.82, 2.24) is 15.3 Å². The fourth-order valence-corrected chi connectivity index (χ4v) is 3.67. The number of rotatable bonds is 6. The molecule has 1 saturated heterocycles. The summed E-state index contributed by atoms with van der Waals surface area (Å²) in [7, 11) is 1.51. The number of methoxy groups -OCH3 is 1. The number of pyridine rings is 2. The SMILES string of the molecule is COc1ccc(C(=O)Nc2ccc(Cl)cn2)c(NC(=O)c2ccc(N3CCCNCC3)nc2)c1. The monoisotopic (exact) mass is 480 g/mol. The molecule has 1 aliphatic heterocycles. The first-order valence-corrected chi connectivity index (χ1v) is 11.3. The Bertz CT molecular complexity index is 1150. The molecule has 0 atom stereocenters. The van der Waals surface area contributed by atoms with Gasteiger partial charge < -0.3 is 25.6 Å². The van der Waals surface area contributed by atoms with Crippen molar-refractivity contribution in [3.05, 3.63) is 71.0 Å². The highest BCUT2D eigenvalue weighted by molar-refractivity contribution is 6.30. The molecule has 176 valence electrons. The molecule has 3 aromatic rings. The predicted molar refractivity (Wildman–Crippen MR) is 132 cm³/mol. The molecule has 10 heteroatoms. The van der Waals surface area contributed by atoms with Crippen molar-refractivity contribution in [2.24, 2.45) is 0 Å². The number of aromatic nitrogens is 2. The number of anilines is 3. The topological polar surface area (TPSA) is 108 Å². The minimum absolute atomic E-state index is 0.257. The van der Waals surface area contributed by atoms with Crippen molar-refractivity contribution in [2.75, 3.05) is 48.8 Å². The Morgan fingerprint density at radius 1 is 1.00 bits per heavy atom. The minimum Gasteiger partial charge on any atom is -0.497 e. The van der Waals surface area contributed by atoms with Crippen LogP contribution in [-0.2, 0) is 0 Å². The predicted octanol–water partition coefficient (Wildman–Crippen LogP) is 3.44. The number of hydrogen-bond donors (Lipinski definition) is 3. The van der Waals surface area contributed by atoms with Gasteiger partial charge in [0.2, 0.25) is 0 Å². The second-order valence-corrected chi connectivity index (χ2v) is 8.11. The van der Waals surface area contributed by atoms with Gasteiger partial charge in [0.1, 0.15) is 17.4 Å². The molecule has 4 rings (SSSR count). The van der Waals surface area contributed by atoms with Crippen LogP contribution in [0.4, 0.5) is 17.3 Å². The number of benzene rings is 1. The number of halogens is 1. The molecule has 9 nitrogen and oxygen atoms in total. The third-order valence-electron chi connectivity index (χ3n) is 5.36. The van der Waals surface area contributed by atoms with Gasteiger partial charge in [0.05, 0.1) is 28.9 Å². The van der Waals surface area contributed by atoms with E-state index in [-0.39, 0.29) is 11.5 Å². The van der Waals surface area contributed by atoms with Crippen molar-refractivity contribution >= 4 is 40.7 Å². The van der Waals surface area contributed by atoms with Gasteiger partial charge in [0, 0.05) is 38.1 Å². The third-order valence-corrected chi connectivity index (χ3v) is 5.59. The molecule has 0 radical (unpaired) electrons. The van der Waals surface area contributed by atoms with Crippen LogP contribution >= 0.6 is 11.6 Å². The maximum atomic E-state index is 13.0. The van der Waals surface area contributed by atoms with Crippen LogP contribution < -0.4 is 25.6 Å². The van der Waals surface area contributed by atoms with Crippen molar-refractivity contribution < 1.29 is 14.3 Å². The Kier molecular flexibility index (Phi) is 7.56. The Morgan fingerprint density at radius 3 is 2.62 bits per heavy atom. The highest BCUT2D eigenvalue weighted by atomic mass is 35.5. The number of carbonyl (C=O) groups excluding carboxylic acids is 2. The van der Waals surface area contributed by atoms with Crippen LogP contribution in [0.1, 0.15) is 27.1 Å². The first-order valence-electron chi connectivity index (χ1n) is 10.9. The summed E-state index contributed by atoms with van der Waals surface area (Å²) in [5, 5.41) is 9.32. The maximum absolute atomic E-state index is 13.0. The molecule has 34 heavy (non-hydrogen) atoms. The zero-order chi connectivity index (χ0) is 23.9. The average Bonchev–Trinajstić information content (AvgIpc) is 3.15. The molecule has 0 aliphatic carbocycles. The third kappa shape index (κ3) is 5.81. The lowest BCUT2D eigenvalue weighted by Crippen LogP contribution is -2.28. The smallest absolute Gasteiger partial charge is 0.258 e. The highest BCUT2D eigenvalue weighted by Gasteiger charge is 2.17. The molecule has 2 amide bonds. The first-order chi connectivity index (χ1) is 16.5. The fraction of sp³-hybridized carbons (Fsp3) is 0.250. The highest BCUT2D eigenvalue weighted by Crippen LogP contribution is 2.25. The van der Waals surface area contributed by atoms with E-state index >= 15 is 0 Å². The summed E-state index contributed by atoms with van der Waals surface area (Å²) >= 11 is 5.85. The van der Waals surface area contributed by atoms with E-state index < -0.39 is 5.91 Å². The summed E-state index contributed by atoms with van der Waals surface area (Å²) in [6, 6.07) is 11.6.